The van der Waals surface area contributed by atoms with Gasteiger partial charge in [0.25, 0.3) is 5.69 Å². The second kappa shape index (κ2) is 7.75. The highest BCUT2D eigenvalue weighted by atomic mass is 35.5. The molecule has 0 N–H and O–H groups in total. The van der Waals surface area contributed by atoms with Gasteiger partial charge in [-0.2, -0.15) is 0 Å². The van der Waals surface area contributed by atoms with E-state index in [4.69, 9.17) is 11.6 Å². The van der Waals surface area contributed by atoms with Crippen molar-refractivity contribution in [2.24, 2.45) is 0 Å². The number of nitrogens with zero attached hydrogens (tertiary/aromatic N) is 1. The molecular formula is C18H12ClNO2S2. The minimum absolute atomic E-state index is 0.0197. The molecular weight excluding hydrogens is 362 g/mol. The minimum atomic E-state index is -0.395. The Morgan fingerprint density at radius 3 is 1.79 bits per heavy atom. The van der Waals surface area contributed by atoms with Crippen molar-refractivity contribution in [1.82, 2.24) is 0 Å². The highest BCUT2D eigenvalue weighted by Gasteiger charge is 2.19. The summed E-state index contributed by atoms with van der Waals surface area (Å²) < 4.78 is 0. The van der Waals surface area contributed by atoms with E-state index in [0.717, 1.165) is 14.7 Å². The minimum Gasteiger partial charge on any atom is -0.258 e. The molecule has 3 rings (SSSR count). The molecule has 0 bridgehead atoms. The summed E-state index contributed by atoms with van der Waals surface area (Å²) in [6, 6.07) is 22.6. The second-order valence-electron chi connectivity index (χ2n) is 4.84. The topological polar surface area (TPSA) is 43.1 Å². The summed E-state index contributed by atoms with van der Waals surface area (Å²) in [5.74, 6) is 0. The van der Waals surface area contributed by atoms with Crippen molar-refractivity contribution in [2.75, 3.05) is 0 Å². The van der Waals surface area contributed by atoms with E-state index in [1.165, 1.54) is 29.6 Å². The van der Waals surface area contributed by atoms with E-state index in [0.29, 0.717) is 9.92 Å². The molecule has 0 amide bonds. The molecule has 0 saturated heterocycles. The van der Waals surface area contributed by atoms with Gasteiger partial charge in [0.05, 0.1) is 14.8 Å². The van der Waals surface area contributed by atoms with E-state index in [1.54, 1.807) is 6.07 Å². The zero-order valence-electron chi connectivity index (χ0n) is 12.4. The molecule has 6 heteroatoms. The van der Waals surface area contributed by atoms with Crippen LogP contribution in [0.5, 0.6) is 0 Å². The van der Waals surface area contributed by atoms with E-state index < -0.39 is 4.92 Å². The predicted octanol–water partition coefficient (Wildman–Crippen LogP) is 6.55. The standard InChI is InChI=1S/C18H12ClNO2S2/c19-15-11-16(20(21)22)18(24-14-9-5-2-6-10-14)12-17(15)23-13-7-3-1-4-8-13/h1-12H. The number of nitro benzene ring substituents is 1. The molecule has 0 radical (unpaired) electrons. The Morgan fingerprint density at radius 1 is 0.792 bits per heavy atom. The lowest BCUT2D eigenvalue weighted by atomic mass is 10.3. The molecule has 0 aromatic heterocycles. The van der Waals surface area contributed by atoms with Crippen LogP contribution in [-0.2, 0) is 0 Å². The van der Waals surface area contributed by atoms with Gasteiger partial charge < -0.3 is 0 Å². The molecule has 0 unspecified atom stereocenters. The van der Waals surface area contributed by atoms with Crippen LogP contribution in [-0.4, -0.2) is 4.92 Å². The van der Waals surface area contributed by atoms with Crippen LogP contribution in [0.15, 0.2) is 92.4 Å². The van der Waals surface area contributed by atoms with Crippen molar-refractivity contribution in [3.05, 3.63) is 87.9 Å². The van der Waals surface area contributed by atoms with E-state index in [2.05, 4.69) is 0 Å². The number of rotatable bonds is 5. The fourth-order valence-corrected chi connectivity index (χ4v) is 4.25. The first kappa shape index (κ1) is 16.9. The molecule has 3 nitrogen and oxygen atoms in total. The molecule has 3 aromatic carbocycles. The summed E-state index contributed by atoms with van der Waals surface area (Å²) in [6.45, 7) is 0. The average molecular weight is 374 g/mol. The zero-order valence-corrected chi connectivity index (χ0v) is 14.8. The van der Waals surface area contributed by atoms with E-state index in [9.17, 15) is 10.1 Å². The summed E-state index contributed by atoms with van der Waals surface area (Å²) >= 11 is 9.12. The average Bonchev–Trinajstić information content (AvgIpc) is 2.59. The first-order valence-electron chi connectivity index (χ1n) is 7.07. The van der Waals surface area contributed by atoms with Gasteiger partial charge in [-0.1, -0.05) is 71.5 Å². The Labute approximate surface area is 153 Å². The van der Waals surface area contributed by atoms with Gasteiger partial charge in [0.2, 0.25) is 0 Å². The highest BCUT2D eigenvalue weighted by Crippen LogP contribution is 2.42. The van der Waals surface area contributed by atoms with Gasteiger partial charge in [-0.15, -0.1) is 0 Å². The first-order valence-corrected chi connectivity index (χ1v) is 9.08. The van der Waals surface area contributed by atoms with Gasteiger partial charge in [0, 0.05) is 20.8 Å². The third kappa shape index (κ3) is 4.12. The number of nitro groups is 1. The third-order valence-corrected chi connectivity index (χ3v) is 5.70. The van der Waals surface area contributed by atoms with Crippen molar-refractivity contribution in [3.8, 4) is 0 Å². The summed E-state index contributed by atoms with van der Waals surface area (Å²) in [5.41, 5.74) is 0.0197. The normalized spacial score (nSPS) is 10.5. The van der Waals surface area contributed by atoms with Gasteiger partial charge in [0.15, 0.2) is 0 Å². The van der Waals surface area contributed by atoms with Crippen molar-refractivity contribution in [1.29, 1.82) is 0 Å². The van der Waals surface area contributed by atoms with Crippen LogP contribution < -0.4 is 0 Å². The summed E-state index contributed by atoms with van der Waals surface area (Å²) in [5, 5.41) is 11.7. The van der Waals surface area contributed by atoms with Crippen molar-refractivity contribution in [3.63, 3.8) is 0 Å². The van der Waals surface area contributed by atoms with Crippen molar-refractivity contribution < 1.29 is 4.92 Å². The largest absolute Gasteiger partial charge is 0.284 e. The summed E-state index contributed by atoms with van der Waals surface area (Å²) in [7, 11) is 0. The van der Waals surface area contributed by atoms with Crippen LogP contribution >= 0.6 is 35.1 Å². The van der Waals surface area contributed by atoms with Gasteiger partial charge in [-0.3, -0.25) is 10.1 Å². The first-order chi connectivity index (χ1) is 11.6. The van der Waals surface area contributed by atoms with Crippen LogP contribution in [0.3, 0.4) is 0 Å². The SMILES string of the molecule is O=[N+]([O-])c1cc(Cl)c(Sc2ccccc2)cc1Sc1ccccc1. The predicted molar refractivity (Wildman–Crippen MR) is 99.2 cm³/mol. The molecule has 3 aromatic rings. The van der Waals surface area contributed by atoms with Crippen LogP contribution in [0.2, 0.25) is 5.02 Å². The fraction of sp³-hybridized carbons (Fsp3) is 0. The zero-order chi connectivity index (χ0) is 16.9. The van der Waals surface area contributed by atoms with Crippen LogP contribution in [0.1, 0.15) is 0 Å². The number of halogens is 1. The molecule has 24 heavy (non-hydrogen) atoms. The Kier molecular flexibility index (Phi) is 5.45. The molecule has 0 spiro atoms. The second-order valence-corrected chi connectivity index (χ2v) is 7.48. The van der Waals surface area contributed by atoms with Crippen LogP contribution in [0, 0.1) is 10.1 Å². The van der Waals surface area contributed by atoms with E-state index in [-0.39, 0.29) is 5.69 Å². The maximum Gasteiger partial charge on any atom is 0.284 e. The summed E-state index contributed by atoms with van der Waals surface area (Å²) in [6.07, 6.45) is 0. The van der Waals surface area contributed by atoms with Gasteiger partial charge in [-0.25, -0.2) is 0 Å². The number of hydrogen-bond donors (Lipinski definition) is 0. The van der Waals surface area contributed by atoms with Crippen molar-refractivity contribution >= 4 is 40.8 Å². The molecule has 0 saturated carbocycles. The smallest absolute Gasteiger partial charge is 0.258 e. The van der Waals surface area contributed by atoms with Gasteiger partial charge in [-0.05, 0) is 30.3 Å². The summed E-state index contributed by atoms with van der Waals surface area (Å²) in [4.78, 5) is 14.3. The van der Waals surface area contributed by atoms with Crippen LogP contribution in [0.4, 0.5) is 5.69 Å². The monoisotopic (exact) mass is 373 g/mol. The molecule has 0 fully saturated rings. The van der Waals surface area contributed by atoms with Crippen LogP contribution in [0.25, 0.3) is 0 Å². The molecule has 0 heterocycles. The van der Waals surface area contributed by atoms with Gasteiger partial charge in [0.1, 0.15) is 0 Å². The third-order valence-electron chi connectivity index (χ3n) is 3.15. The molecule has 0 aliphatic rings. The Morgan fingerprint density at radius 2 is 1.29 bits per heavy atom. The Bertz CT molecular complexity index is 858. The van der Waals surface area contributed by atoms with Gasteiger partial charge >= 0.3 is 0 Å². The molecule has 0 aliphatic carbocycles. The highest BCUT2D eigenvalue weighted by molar-refractivity contribution is 8.00. The lowest BCUT2D eigenvalue weighted by molar-refractivity contribution is -0.387. The number of benzene rings is 3. The fourth-order valence-electron chi connectivity index (χ4n) is 2.06. The Hall–Kier alpha value is -1.95. The quantitative estimate of drug-likeness (QED) is 0.375. The van der Waals surface area contributed by atoms with E-state index in [1.807, 2.05) is 60.7 Å². The molecule has 0 atom stereocenters. The lowest BCUT2D eigenvalue weighted by Gasteiger charge is -2.09. The maximum absolute atomic E-state index is 11.4. The van der Waals surface area contributed by atoms with Crippen molar-refractivity contribution in [2.45, 2.75) is 19.6 Å². The number of hydrogen-bond acceptors (Lipinski definition) is 4. The lowest BCUT2D eigenvalue weighted by Crippen LogP contribution is -1.92. The Balaban J connectivity index is 1.99. The maximum atomic E-state index is 11.4. The van der Waals surface area contributed by atoms with E-state index >= 15 is 0 Å². The molecule has 120 valence electrons. The molecule has 0 aliphatic heterocycles.